The molecule has 4 unspecified atom stereocenters. The first-order valence-electron chi connectivity index (χ1n) is 8.91. The van der Waals surface area contributed by atoms with E-state index in [1.54, 1.807) is 11.8 Å². The lowest BCUT2D eigenvalue weighted by molar-refractivity contribution is -0.132. The summed E-state index contributed by atoms with van der Waals surface area (Å²) < 4.78 is 0. The van der Waals surface area contributed by atoms with Gasteiger partial charge in [0.05, 0.1) is 0 Å². The summed E-state index contributed by atoms with van der Waals surface area (Å²) in [4.78, 5) is 30.3. The molecule has 4 heteroatoms. The van der Waals surface area contributed by atoms with E-state index >= 15 is 0 Å². The van der Waals surface area contributed by atoms with Crippen LogP contribution in [0, 0.1) is 5.92 Å². The highest BCUT2D eigenvalue weighted by Crippen LogP contribution is 2.60. The van der Waals surface area contributed by atoms with E-state index in [2.05, 4.69) is 17.0 Å². The second-order valence-electron chi connectivity index (χ2n) is 7.64. The molecule has 1 aromatic rings. The van der Waals surface area contributed by atoms with Crippen LogP contribution < -0.4 is 4.90 Å². The minimum absolute atomic E-state index is 0.0105. The van der Waals surface area contributed by atoms with Gasteiger partial charge in [-0.1, -0.05) is 24.3 Å². The first-order valence-corrected chi connectivity index (χ1v) is 8.91. The molecule has 1 aliphatic carbocycles. The third-order valence-electron chi connectivity index (χ3n) is 6.87. The van der Waals surface area contributed by atoms with Gasteiger partial charge >= 0.3 is 0 Å². The Morgan fingerprint density at radius 3 is 2.88 bits per heavy atom. The van der Waals surface area contributed by atoms with Crippen molar-refractivity contribution in [3.8, 4) is 0 Å². The molecule has 4 atom stereocenters. The minimum Gasteiger partial charge on any atom is -0.301 e. The largest absolute Gasteiger partial charge is 0.301 e. The number of para-hydroxylation sites is 1. The van der Waals surface area contributed by atoms with Crippen molar-refractivity contribution in [2.75, 3.05) is 18.0 Å². The summed E-state index contributed by atoms with van der Waals surface area (Å²) in [6.07, 6.45) is 4.00. The third-order valence-corrected chi connectivity index (χ3v) is 6.87. The van der Waals surface area contributed by atoms with E-state index in [4.69, 9.17) is 0 Å². The zero-order valence-electron chi connectivity index (χ0n) is 14.2. The Hall–Kier alpha value is -1.94. The van der Waals surface area contributed by atoms with Crippen molar-refractivity contribution in [2.45, 2.75) is 44.2 Å². The number of piperidine rings is 1. The van der Waals surface area contributed by atoms with Gasteiger partial charge in [0, 0.05) is 36.5 Å². The molecular weight excluding hydrogens is 300 g/mol. The lowest BCUT2D eigenvalue weighted by Gasteiger charge is -2.51. The fourth-order valence-corrected chi connectivity index (χ4v) is 5.99. The van der Waals surface area contributed by atoms with E-state index in [0.717, 1.165) is 31.6 Å². The normalized spacial score (nSPS) is 38.4. The number of carbonyl (C=O) groups is 2. The molecule has 1 saturated carbocycles. The quantitative estimate of drug-likeness (QED) is 0.688. The lowest BCUT2D eigenvalue weighted by atomic mass is 9.59. The third kappa shape index (κ3) is 1.44. The molecule has 0 N–H and O–H groups in total. The van der Waals surface area contributed by atoms with Crippen LogP contribution in [0.3, 0.4) is 0 Å². The molecular formula is C20H22N2O2. The molecule has 4 aliphatic rings. The Bertz CT molecular complexity index is 799. The summed E-state index contributed by atoms with van der Waals surface area (Å²) >= 11 is 0. The van der Waals surface area contributed by atoms with Gasteiger partial charge in [-0.15, -0.1) is 0 Å². The first-order chi connectivity index (χ1) is 11.6. The Balaban J connectivity index is 1.78. The smallest absolute Gasteiger partial charge is 0.224 e. The zero-order valence-corrected chi connectivity index (χ0v) is 14.2. The van der Waals surface area contributed by atoms with Crippen molar-refractivity contribution in [3.05, 3.63) is 41.5 Å². The number of hydrogen-bond acceptors (Lipinski definition) is 3. The summed E-state index contributed by atoms with van der Waals surface area (Å²) in [7, 11) is 0. The van der Waals surface area contributed by atoms with E-state index in [9.17, 15) is 9.59 Å². The molecule has 1 spiro atoms. The van der Waals surface area contributed by atoms with Crippen LogP contribution in [0.4, 0.5) is 5.69 Å². The number of fused-ring (bicyclic) bond motifs is 2. The van der Waals surface area contributed by atoms with E-state index in [1.165, 1.54) is 11.1 Å². The van der Waals surface area contributed by atoms with E-state index < -0.39 is 0 Å². The minimum atomic E-state index is -0.323. The molecule has 4 nitrogen and oxygen atoms in total. The summed E-state index contributed by atoms with van der Waals surface area (Å²) in [5.41, 5.74) is 3.22. The van der Waals surface area contributed by atoms with E-state index in [-0.39, 0.29) is 29.1 Å². The number of hydrogen-bond donors (Lipinski definition) is 0. The number of ketones is 1. The van der Waals surface area contributed by atoms with Crippen molar-refractivity contribution >= 4 is 17.4 Å². The number of nitrogens with zero attached hydrogens (tertiary/aromatic N) is 2. The van der Waals surface area contributed by atoms with Crippen LogP contribution >= 0.6 is 0 Å². The Kier molecular flexibility index (Phi) is 2.74. The van der Waals surface area contributed by atoms with Crippen LogP contribution in [-0.4, -0.2) is 41.8 Å². The van der Waals surface area contributed by atoms with Gasteiger partial charge in [-0.3, -0.25) is 14.5 Å². The summed E-state index contributed by atoms with van der Waals surface area (Å²) in [5, 5.41) is 0. The topological polar surface area (TPSA) is 40.6 Å². The molecule has 2 saturated heterocycles. The maximum Gasteiger partial charge on any atom is 0.224 e. The van der Waals surface area contributed by atoms with E-state index in [0.29, 0.717) is 6.04 Å². The second kappa shape index (κ2) is 4.57. The molecule has 1 aromatic carbocycles. The van der Waals surface area contributed by atoms with Crippen LogP contribution in [-0.2, 0) is 15.0 Å². The van der Waals surface area contributed by atoms with Gasteiger partial charge in [-0.2, -0.15) is 0 Å². The fourth-order valence-electron chi connectivity index (χ4n) is 5.99. The van der Waals surface area contributed by atoms with Gasteiger partial charge < -0.3 is 4.90 Å². The molecule has 0 aromatic heterocycles. The molecule has 2 bridgehead atoms. The van der Waals surface area contributed by atoms with Crippen LogP contribution in [0.5, 0.6) is 0 Å². The van der Waals surface area contributed by atoms with E-state index in [1.807, 2.05) is 25.1 Å². The molecule has 1 amide bonds. The number of rotatable bonds is 0. The van der Waals surface area contributed by atoms with Crippen LogP contribution in [0.15, 0.2) is 35.9 Å². The van der Waals surface area contributed by atoms with Crippen LogP contribution in [0.25, 0.3) is 0 Å². The van der Waals surface area contributed by atoms with Crippen LogP contribution in [0.1, 0.15) is 32.3 Å². The van der Waals surface area contributed by atoms with Gasteiger partial charge in [0.25, 0.3) is 0 Å². The van der Waals surface area contributed by atoms with Gasteiger partial charge in [-0.25, -0.2) is 0 Å². The predicted octanol–water partition coefficient (Wildman–Crippen LogP) is 2.28. The maximum atomic E-state index is 13.5. The number of benzene rings is 1. The Morgan fingerprint density at radius 2 is 2.12 bits per heavy atom. The molecule has 24 heavy (non-hydrogen) atoms. The number of Topliss-reactive ketones (excluding diaryl/α,β-unsaturated/α-hetero) is 1. The van der Waals surface area contributed by atoms with Gasteiger partial charge in [0.15, 0.2) is 5.78 Å². The van der Waals surface area contributed by atoms with Gasteiger partial charge in [0.1, 0.15) is 6.04 Å². The average molecular weight is 322 g/mol. The SMILES string of the molecule is CC=C1CN2CCC34c5ccccc5N(C(C)=O)C3C(=O)C1CC24. The molecule has 3 heterocycles. The molecule has 0 radical (unpaired) electrons. The first kappa shape index (κ1) is 14.4. The highest BCUT2D eigenvalue weighted by atomic mass is 16.2. The lowest BCUT2D eigenvalue weighted by Crippen LogP contribution is -2.65. The van der Waals surface area contributed by atoms with Gasteiger partial charge in [0.2, 0.25) is 5.91 Å². The van der Waals surface area contributed by atoms with Crippen molar-refractivity contribution in [3.63, 3.8) is 0 Å². The number of anilines is 1. The Morgan fingerprint density at radius 1 is 1.33 bits per heavy atom. The van der Waals surface area contributed by atoms with Crippen LogP contribution in [0.2, 0.25) is 0 Å². The average Bonchev–Trinajstić information content (AvgIpc) is 3.12. The molecule has 3 aliphatic heterocycles. The highest BCUT2D eigenvalue weighted by molar-refractivity contribution is 6.07. The summed E-state index contributed by atoms with van der Waals surface area (Å²) in [6.45, 7) is 5.55. The molecule has 124 valence electrons. The number of allylic oxidation sites excluding steroid dienone is 1. The number of amides is 1. The van der Waals surface area contributed by atoms with Crippen molar-refractivity contribution in [1.29, 1.82) is 0 Å². The molecule has 5 rings (SSSR count). The monoisotopic (exact) mass is 322 g/mol. The highest BCUT2D eigenvalue weighted by Gasteiger charge is 2.67. The summed E-state index contributed by atoms with van der Waals surface area (Å²) in [6, 6.07) is 8.24. The maximum absolute atomic E-state index is 13.5. The van der Waals surface area contributed by atoms with Crippen molar-refractivity contribution in [2.24, 2.45) is 5.92 Å². The second-order valence-corrected chi connectivity index (χ2v) is 7.64. The standard InChI is InChI=1S/C20H22N2O2/c1-3-13-11-21-9-8-20-15-6-4-5-7-16(15)22(12(2)23)19(20)18(24)14(13)10-17(20)21/h3-7,14,17,19H,8-11H2,1-2H3. The molecule has 3 fully saturated rings. The summed E-state index contributed by atoms with van der Waals surface area (Å²) in [5.74, 6) is 0.231. The van der Waals surface area contributed by atoms with Gasteiger partial charge in [-0.05, 0) is 43.5 Å². The predicted molar refractivity (Wildman–Crippen MR) is 91.9 cm³/mol. The van der Waals surface area contributed by atoms with Crippen molar-refractivity contribution < 1.29 is 9.59 Å². The number of carbonyl (C=O) groups excluding carboxylic acids is 2. The van der Waals surface area contributed by atoms with Crippen molar-refractivity contribution in [1.82, 2.24) is 4.90 Å². The fraction of sp³-hybridized carbons (Fsp3) is 0.500. The zero-order chi connectivity index (χ0) is 16.6. The Labute approximate surface area is 142 Å².